The average Bonchev–Trinajstić information content (AvgIpc) is 2.75. The van der Waals surface area contributed by atoms with E-state index < -0.39 is 5.82 Å². The zero-order chi connectivity index (χ0) is 20.6. The molecule has 0 radical (unpaired) electrons. The maximum Gasteiger partial charge on any atom is 0.272 e. The Bertz CT molecular complexity index is 826. The lowest BCUT2D eigenvalue weighted by Gasteiger charge is -2.34. The summed E-state index contributed by atoms with van der Waals surface area (Å²) in [6.07, 6.45) is 1.61. The Balaban J connectivity index is 1.39. The SMILES string of the molecule is CN(CCOc1ccccc1F)C(=O)CN1CCN(C(=O)c2ccccn2)CC1. The van der Waals surface area contributed by atoms with Crippen molar-refractivity contribution in [1.29, 1.82) is 0 Å². The van der Waals surface area contributed by atoms with Gasteiger partial charge in [-0.15, -0.1) is 0 Å². The van der Waals surface area contributed by atoms with E-state index in [4.69, 9.17) is 4.74 Å². The van der Waals surface area contributed by atoms with Gasteiger partial charge in [-0.25, -0.2) is 4.39 Å². The lowest BCUT2D eigenvalue weighted by atomic mass is 10.2. The summed E-state index contributed by atoms with van der Waals surface area (Å²) in [7, 11) is 1.70. The molecule has 1 aliphatic rings. The van der Waals surface area contributed by atoms with Crippen LogP contribution in [0.3, 0.4) is 0 Å². The summed E-state index contributed by atoms with van der Waals surface area (Å²) in [5.41, 5.74) is 0.437. The third kappa shape index (κ3) is 5.74. The molecular formula is C21H25FN4O3. The van der Waals surface area contributed by atoms with Gasteiger partial charge in [-0.1, -0.05) is 18.2 Å². The largest absolute Gasteiger partial charge is 0.489 e. The van der Waals surface area contributed by atoms with Gasteiger partial charge in [0.15, 0.2) is 11.6 Å². The first kappa shape index (κ1) is 20.7. The molecule has 3 rings (SSSR count). The summed E-state index contributed by atoms with van der Waals surface area (Å²) in [6, 6.07) is 11.5. The number of carbonyl (C=O) groups excluding carboxylic acids is 2. The zero-order valence-electron chi connectivity index (χ0n) is 16.5. The number of aromatic nitrogens is 1. The van der Waals surface area contributed by atoms with Crippen molar-refractivity contribution >= 4 is 11.8 Å². The second kappa shape index (κ2) is 9.97. The third-order valence-corrected chi connectivity index (χ3v) is 4.85. The minimum absolute atomic E-state index is 0.0355. The lowest BCUT2D eigenvalue weighted by molar-refractivity contribution is -0.131. The molecule has 0 unspecified atom stereocenters. The van der Waals surface area contributed by atoms with Gasteiger partial charge in [0, 0.05) is 39.4 Å². The summed E-state index contributed by atoms with van der Waals surface area (Å²) in [5, 5.41) is 0. The molecule has 0 aliphatic carbocycles. The number of piperazine rings is 1. The lowest BCUT2D eigenvalue weighted by Crippen LogP contribution is -2.51. The van der Waals surface area contributed by atoms with E-state index in [9.17, 15) is 14.0 Å². The molecule has 0 bridgehead atoms. The number of ether oxygens (including phenoxy) is 1. The molecule has 1 fully saturated rings. The number of halogens is 1. The number of likely N-dealkylation sites (N-methyl/N-ethyl adjacent to an activating group) is 1. The highest BCUT2D eigenvalue weighted by Gasteiger charge is 2.24. The number of amides is 2. The maximum atomic E-state index is 13.5. The number of hydrogen-bond donors (Lipinski definition) is 0. The van der Waals surface area contributed by atoms with Crippen molar-refractivity contribution < 1.29 is 18.7 Å². The number of benzene rings is 1. The molecule has 2 aromatic rings. The topological polar surface area (TPSA) is 66.0 Å². The molecule has 1 aliphatic heterocycles. The monoisotopic (exact) mass is 400 g/mol. The highest BCUT2D eigenvalue weighted by Crippen LogP contribution is 2.15. The van der Waals surface area contributed by atoms with Crippen molar-refractivity contribution in [3.05, 3.63) is 60.2 Å². The van der Waals surface area contributed by atoms with Crippen LogP contribution < -0.4 is 4.74 Å². The molecule has 0 spiro atoms. The van der Waals surface area contributed by atoms with Gasteiger partial charge in [-0.05, 0) is 24.3 Å². The van der Waals surface area contributed by atoms with Gasteiger partial charge in [0.25, 0.3) is 5.91 Å². The Morgan fingerprint density at radius 3 is 2.52 bits per heavy atom. The van der Waals surface area contributed by atoms with Crippen molar-refractivity contribution in [2.45, 2.75) is 0 Å². The summed E-state index contributed by atoms with van der Waals surface area (Å²) in [4.78, 5) is 34.3. The van der Waals surface area contributed by atoms with Gasteiger partial charge in [-0.3, -0.25) is 19.5 Å². The first-order chi connectivity index (χ1) is 14.0. The van der Waals surface area contributed by atoms with Crippen LogP contribution in [-0.2, 0) is 4.79 Å². The third-order valence-electron chi connectivity index (χ3n) is 4.85. The first-order valence-corrected chi connectivity index (χ1v) is 9.58. The first-order valence-electron chi connectivity index (χ1n) is 9.58. The molecule has 1 aromatic carbocycles. The summed E-state index contributed by atoms with van der Waals surface area (Å²) >= 11 is 0. The van der Waals surface area contributed by atoms with E-state index in [1.165, 1.54) is 6.07 Å². The molecule has 29 heavy (non-hydrogen) atoms. The molecule has 0 atom stereocenters. The van der Waals surface area contributed by atoms with E-state index >= 15 is 0 Å². The second-order valence-corrected chi connectivity index (χ2v) is 6.88. The fourth-order valence-electron chi connectivity index (χ4n) is 3.05. The number of hydrogen-bond acceptors (Lipinski definition) is 5. The Morgan fingerprint density at radius 1 is 1.10 bits per heavy atom. The molecule has 1 saturated heterocycles. The van der Waals surface area contributed by atoms with Gasteiger partial charge in [0.2, 0.25) is 5.91 Å². The van der Waals surface area contributed by atoms with Crippen molar-refractivity contribution in [3.8, 4) is 5.75 Å². The maximum absolute atomic E-state index is 13.5. The van der Waals surface area contributed by atoms with Crippen molar-refractivity contribution in [2.24, 2.45) is 0 Å². The Labute approximate surface area is 169 Å². The van der Waals surface area contributed by atoms with Crippen LogP contribution in [0.4, 0.5) is 4.39 Å². The fourth-order valence-corrected chi connectivity index (χ4v) is 3.05. The minimum Gasteiger partial charge on any atom is -0.489 e. The smallest absolute Gasteiger partial charge is 0.272 e. The average molecular weight is 400 g/mol. The molecule has 0 N–H and O–H groups in total. The van der Waals surface area contributed by atoms with Gasteiger partial charge in [0.05, 0.1) is 13.1 Å². The predicted molar refractivity (Wildman–Crippen MR) is 106 cm³/mol. The zero-order valence-corrected chi connectivity index (χ0v) is 16.5. The highest BCUT2D eigenvalue weighted by atomic mass is 19.1. The summed E-state index contributed by atoms with van der Waals surface area (Å²) in [6.45, 7) is 3.24. The van der Waals surface area contributed by atoms with Crippen LogP contribution >= 0.6 is 0 Å². The second-order valence-electron chi connectivity index (χ2n) is 6.88. The van der Waals surface area contributed by atoms with Crippen LogP contribution in [0.25, 0.3) is 0 Å². The van der Waals surface area contributed by atoms with Crippen LogP contribution in [0.2, 0.25) is 0 Å². The van der Waals surface area contributed by atoms with Crippen LogP contribution in [0.1, 0.15) is 10.5 Å². The van der Waals surface area contributed by atoms with E-state index in [1.807, 2.05) is 4.90 Å². The Morgan fingerprint density at radius 2 is 1.83 bits per heavy atom. The number of rotatable bonds is 7. The normalized spacial score (nSPS) is 14.5. The minimum atomic E-state index is -0.417. The quantitative estimate of drug-likeness (QED) is 0.705. The van der Waals surface area contributed by atoms with E-state index in [0.717, 1.165) is 0 Å². The van der Waals surface area contributed by atoms with Crippen LogP contribution in [0.5, 0.6) is 5.75 Å². The van der Waals surface area contributed by atoms with Gasteiger partial charge in [-0.2, -0.15) is 0 Å². The summed E-state index contributed by atoms with van der Waals surface area (Å²) in [5.74, 6) is -0.354. The van der Waals surface area contributed by atoms with Gasteiger partial charge in [0.1, 0.15) is 12.3 Å². The fraction of sp³-hybridized carbons (Fsp3) is 0.381. The number of carbonyl (C=O) groups is 2. The Hall–Kier alpha value is -3.00. The molecule has 1 aromatic heterocycles. The van der Waals surface area contributed by atoms with Crippen molar-refractivity contribution in [1.82, 2.24) is 19.7 Å². The van der Waals surface area contributed by atoms with E-state index in [1.54, 1.807) is 59.4 Å². The molecular weight excluding hydrogens is 375 g/mol. The van der Waals surface area contributed by atoms with E-state index in [2.05, 4.69) is 4.98 Å². The summed E-state index contributed by atoms with van der Waals surface area (Å²) < 4.78 is 18.9. The number of nitrogens with zero attached hydrogens (tertiary/aromatic N) is 4. The standard InChI is InChI=1S/C21H25FN4O3/c1-24(14-15-29-19-8-3-2-6-17(19)22)20(27)16-25-10-12-26(13-11-25)21(28)18-7-4-5-9-23-18/h2-9H,10-16H2,1H3. The van der Waals surface area contributed by atoms with Crippen LogP contribution in [0.15, 0.2) is 48.7 Å². The number of pyridine rings is 1. The predicted octanol–water partition coefficient (Wildman–Crippen LogP) is 1.52. The van der Waals surface area contributed by atoms with Crippen LogP contribution in [0, 0.1) is 5.82 Å². The Kier molecular flexibility index (Phi) is 7.13. The highest BCUT2D eigenvalue weighted by molar-refractivity contribution is 5.92. The van der Waals surface area contributed by atoms with Crippen molar-refractivity contribution in [2.75, 3.05) is 52.9 Å². The molecule has 2 heterocycles. The van der Waals surface area contributed by atoms with Gasteiger partial charge >= 0.3 is 0 Å². The molecule has 7 nitrogen and oxygen atoms in total. The van der Waals surface area contributed by atoms with Crippen LogP contribution in [-0.4, -0.2) is 84.4 Å². The van der Waals surface area contributed by atoms with E-state index in [0.29, 0.717) is 38.4 Å². The molecule has 8 heteroatoms. The van der Waals surface area contributed by atoms with E-state index in [-0.39, 0.29) is 30.7 Å². The van der Waals surface area contributed by atoms with Gasteiger partial charge < -0.3 is 14.5 Å². The molecule has 2 amide bonds. The number of para-hydroxylation sites is 1. The van der Waals surface area contributed by atoms with Crippen molar-refractivity contribution in [3.63, 3.8) is 0 Å². The molecule has 0 saturated carbocycles. The molecule has 154 valence electrons.